The zero-order chi connectivity index (χ0) is 23.8. The Morgan fingerprint density at radius 1 is 0.714 bits per heavy atom. The summed E-state index contributed by atoms with van der Waals surface area (Å²) in [5, 5.41) is 11.1. The lowest BCUT2D eigenvalue weighted by molar-refractivity contribution is -0.653. The van der Waals surface area contributed by atoms with Gasteiger partial charge in [0.1, 0.15) is 16.9 Å². The van der Waals surface area contributed by atoms with E-state index < -0.39 is 0 Å². The first-order valence-corrected chi connectivity index (χ1v) is 12.6. The molecule has 7 heteroatoms. The lowest BCUT2D eigenvalue weighted by atomic mass is 10.1. The van der Waals surface area contributed by atoms with Crippen molar-refractivity contribution in [3.05, 3.63) is 102 Å². The van der Waals surface area contributed by atoms with Gasteiger partial charge in [0.15, 0.2) is 0 Å². The van der Waals surface area contributed by atoms with Gasteiger partial charge in [-0.25, -0.2) is 4.57 Å². The summed E-state index contributed by atoms with van der Waals surface area (Å²) in [5.74, 6) is 0. The maximum atomic E-state index is 4.52. The van der Waals surface area contributed by atoms with Gasteiger partial charge in [0.05, 0.1) is 12.2 Å². The second-order valence-electron chi connectivity index (χ2n) is 8.18. The molecule has 1 aromatic heterocycles. The van der Waals surface area contributed by atoms with Gasteiger partial charge in [0.2, 0.25) is 0 Å². The Labute approximate surface area is 218 Å². The summed E-state index contributed by atoms with van der Waals surface area (Å²) in [6, 6.07) is 29.5. The zero-order valence-corrected chi connectivity index (χ0v) is 22.1. The summed E-state index contributed by atoms with van der Waals surface area (Å²) in [6.07, 6.45) is 2.13. The van der Waals surface area contributed by atoms with Gasteiger partial charge < -0.3 is 22.2 Å². The first-order valence-electron chi connectivity index (χ1n) is 11.7. The van der Waals surface area contributed by atoms with Crippen LogP contribution in [0, 0.1) is 0 Å². The number of aromatic nitrogens is 1. The molecule has 0 spiro atoms. The quantitative estimate of drug-likeness (QED) is 0.241. The van der Waals surface area contributed by atoms with Crippen LogP contribution >= 0.6 is 11.3 Å². The van der Waals surface area contributed by atoms with Crippen molar-refractivity contribution in [2.24, 2.45) is 17.3 Å². The first kappa shape index (κ1) is 26.4. The van der Waals surface area contributed by atoms with E-state index in [1.54, 1.807) is 11.3 Å². The summed E-state index contributed by atoms with van der Waals surface area (Å²) in [4.78, 5) is 4.72. The fraction of sp³-hybridized carbons (Fsp3) is 0.250. The molecule has 0 aliphatic heterocycles. The Hall–Kier alpha value is -3.22. The van der Waals surface area contributed by atoms with E-state index in [-0.39, 0.29) is 12.4 Å². The van der Waals surface area contributed by atoms with Crippen molar-refractivity contribution in [3.8, 4) is 0 Å². The third-order valence-corrected chi connectivity index (χ3v) is 6.90. The molecule has 0 atom stereocenters. The van der Waals surface area contributed by atoms with Crippen molar-refractivity contribution in [2.45, 2.75) is 26.9 Å². The molecule has 0 aliphatic carbocycles. The standard InChI is InChI=1S/C28H32N5S.ClH/c1-4-32(5-2)27-22-31(3)28(34-27)30-29-25-16-18-26(19-17-25)33(20-23-12-8-6-9-13-23)21-24-14-10-7-11-15-24;/h6-19,22H,4-5,20-21H2,1-3H3;1H/q+1;/p-1. The molecule has 0 radical (unpaired) electrons. The largest absolute Gasteiger partial charge is 1.00 e. The van der Waals surface area contributed by atoms with Crippen molar-refractivity contribution in [1.29, 1.82) is 0 Å². The molecule has 35 heavy (non-hydrogen) atoms. The first-order chi connectivity index (χ1) is 16.7. The predicted octanol–water partition coefficient (Wildman–Crippen LogP) is 4.05. The van der Waals surface area contributed by atoms with E-state index in [1.165, 1.54) is 16.1 Å². The molecule has 0 bridgehead atoms. The van der Waals surface area contributed by atoms with Crippen LogP contribution < -0.4 is 26.8 Å². The van der Waals surface area contributed by atoms with Crippen molar-refractivity contribution < 1.29 is 17.0 Å². The lowest BCUT2D eigenvalue weighted by Crippen LogP contribution is -3.00. The van der Waals surface area contributed by atoms with Crippen LogP contribution in [-0.4, -0.2) is 13.1 Å². The Morgan fingerprint density at radius 3 is 1.77 bits per heavy atom. The van der Waals surface area contributed by atoms with Crippen molar-refractivity contribution >= 4 is 32.8 Å². The van der Waals surface area contributed by atoms with E-state index >= 15 is 0 Å². The number of anilines is 2. The minimum Gasteiger partial charge on any atom is -1.00 e. The molecule has 3 aromatic carbocycles. The SMILES string of the molecule is CCN(CC)c1c[n+](C)c(N=Nc2ccc(N(Cc3ccccc3)Cc3ccccc3)cc2)s1.[Cl-]. The molecular weight excluding hydrogens is 474 g/mol. The van der Waals surface area contributed by atoms with E-state index in [2.05, 4.69) is 113 Å². The Bertz CT molecular complexity index is 1150. The van der Waals surface area contributed by atoms with Crippen LogP contribution in [0.4, 0.5) is 21.5 Å². The van der Waals surface area contributed by atoms with Crippen molar-refractivity contribution in [1.82, 2.24) is 0 Å². The highest BCUT2D eigenvalue weighted by molar-refractivity contribution is 7.18. The summed E-state index contributed by atoms with van der Waals surface area (Å²) >= 11 is 1.67. The van der Waals surface area contributed by atoms with Crippen LogP contribution in [0.1, 0.15) is 25.0 Å². The van der Waals surface area contributed by atoms with Gasteiger partial charge in [-0.05, 0) is 65.7 Å². The molecule has 0 unspecified atom stereocenters. The molecule has 4 aromatic rings. The number of azo groups is 1. The Morgan fingerprint density at radius 2 is 1.26 bits per heavy atom. The Balaban J connectivity index is 0.00000342. The van der Waals surface area contributed by atoms with E-state index in [0.717, 1.165) is 42.7 Å². The average Bonchev–Trinajstić information content (AvgIpc) is 3.25. The van der Waals surface area contributed by atoms with Crippen LogP contribution in [-0.2, 0) is 20.1 Å². The number of halogens is 1. The molecule has 1 heterocycles. The van der Waals surface area contributed by atoms with Gasteiger partial charge in [-0.3, -0.25) is 0 Å². The number of hydrogen-bond acceptors (Lipinski definition) is 5. The number of rotatable bonds is 10. The van der Waals surface area contributed by atoms with Crippen LogP contribution in [0.15, 0.2) is 101 Å². The van der Waals surface area contributed by atoms with Gasteiger partial charge in [-0.2, -0.15) is 0 Å². The molecule has 182 valence electrons. The normalized spacial score (nSPS) is 10.8. The molecule has 5 nitrogen and oxygen atoms in total. The predicted molar refractivity (Wildman–Crippen MR) is 142 cm³/mol. The highest BCUT2D eigenvalue weighted by Gasteiger charge is 2.17. The summed E-state index contributed by atoms with van der Waals surface area (Å²) < 4.78 is 2.04. The average molecular weight is 506 g/mol. The summed E-state index contributed by atoms with van der Waals surface area (Å²) in [5.41, 5.74) is 4.59. The van der Waals surface area contributed by atoms with E-state index in [1.807, 2.05) is 23.7 Å². The second-order valence-corrected chi connectivity index (χ2v) is 9.17. The van der Waals surface area contributed by atoms with E-state index in [9.17, 15) is 0 Å². The maximum Gasteiger partial charge on any atom is 0.410 e. The fourth-order valence-electron chi connectivity index (χ4n) is 3.86. The third-order valence-electron chi connectivity index (χ3n) is 5.78. The Kier molecular flexibility index (Phi) is 9.82. The molecule has 0 aliphatic rings. The summed E-state index contributed by atoms with van der Waals surface area (Å²) in [7, 11) is 2.02. The van der Waals surface area contributed by atoms with Crippen LogP contribution in [0.5, 0.6) is 0 Å². The second kappa shape index (κ2) is 13.0. The summed E-state index contributed by atoms with van der Waals surface area (Å²) in [6.45, 7) is 8.00. The van der Waals surface area contributed by atoms with Gasteiger partial charge in [-0.1, -0.05) is 60.7 Å². The van der Waals surface area contributed by atoms with Gasteiger partial charge in [0.25, 0.3) is 0 Å². The number of aryl methyl sites for hydroxylation is 1. The van der Waals surface area contributed by atoms with Crippen molar-refractivity contribution in [2.75, 3.05) is 22.9 Å². The minimum atomic E-state index is 0. The van der Waals surface area contributed by atoms with Crippen LogP contribution in [0.3, 0.4) is 0 Å². The smallest absolute Gasteiger partial charge is 0.410 e. The zero-order valence-electron chi connectivity index (χ0n) is 20.5. The van der Waals surface area contributed by atoms with Gasteiger partial charge in [0, 0.05) is 31.9 Å². The number of hydrogen-bond donors (Lipinski definition) is 0. The molecule has 0 saturated heterocycles. The highest BCUT2D eigenvalue weighted by Crippen LogP contribution is 2.29. The topological polar surface area (TPSA) is 35.1 Å². The van der Waals surface area contributed by atoms with Crippen LogP contribution in [0.25, 0.3) is 0 Å². The lowest BCUT2D eigenvalue weighted by Gasteiger charge is -2.25. The minimum absolute atomic E-state index is 0. The molecule has 0 amide bonds. The number of benzene rings is 3. The molecule has 0 fully saturated rings. The maximum absolute atomic E-state index is 4.52. The molecule has 0 N–H and O–H groups in total. The van der Waals surface area contributed by atoms with Gasteiger partial charge in [-0.15, -0.1) is 0 Å². The van der Waals surface area contributed by atoms with Crippen molar-refractivity contribution in [3.63, 3.8) is 0 Å². The monoisotopic (exact) mass is 505 g/mol. The fourth-order valence-corrected chi connectivity index (χ4v) is 4.93. The number of nitrogens with zero attached hydrogens (tertiary/aromatic N) is 5. The van der Waals surface area contributed by atoms with Gasteiger partial charge >= 0.3 is 5.13 Å². The highest BCUT2D eigenvalue weighted by atomic mass is 35.5. The molecular formula is C28H32ClN5S. The number of thiazole rings is 1. The third kappa shape index (κ3) is 7.13. The molecule has 0 saturated carbocycles. The molecule has 4 rings (SSSR count). The van der Waals surface area contributed by atoms with E-state index in [0.29, 0.717) is 0 Å². The van der Waals surface area contributed by atoms with Crippen LogP contribution in [0.2, 0.25) is 0 Å². The van der Waals surface area contributed by atoms with E-state index in [4.69, 9.17) is 0 Å².